The maximum Gasteiger partial charge on any atom is 0.322 e. The van der Waals surface area contributed by atoms with E-state index >= 15 is 0 Å². The molecule has 1 atom stereocenters. The van der Waals surface area contributed by atoms with Crippen LogP contribution in [0, 0.1) is 10.1 Å². The lowest BCUT2D eigenvalue weighted by atomic mass is 10.2. The van der Waals surface area contributed by atoms with Crippen LogP contribution in [0.1, 0.15) is 31.6 Å². The molecular formula is C20H20ClN5O3. The molecule has 1 N–H and O–H groups in total. The number of likely N-dealkylation sites (tertiary alicyclic amines) is 1. The van der Waals surface area contributed by atoms with Gasteiger partial charge in [-0.2, -0.15) is 0 Å². The number of benzene rings is 2. The van der Waals surface area contributed by atoms with E-state index in [2.05, 4.69) is 16.8 Å². The molecule has 29 heavy (non-hydrogen) atoms. The normalized spacial score (nSPS) is 16.3. The van der Waals surface area contributed by atoms with Crippen molar-refractivity contribution in [3.8, 4) is 0 Å². The van der Waals surface area contributed by atoms with Crippen LogP contribution < -0.4 is 5.32 Å². The lowest BCUT2D eigenvalue weighted by Crippen LogP contribution is -2.35. The molecular weight excluding hydrogens is 394 g/mol. The number of carbonyl (C=O) groups excluding carboxylic acids is 1. The van der Waals surface area contributed by atoms with Gasteiger partial charge in [0.25, 0.3) is 5.69 Å². The number of fused-ring (bicyclic) bond motifs is 1. The van der Waals surface area contributed by atoms with Crippen molar-refractivity contribution in [2.45, 2.75) is 32.4 Å². The van der Waals surface area contributed by atoms with Gasteiger partial charge in [-0.25, -0.2) is 9.78 Å². The summed E-state index contributed by atoms with van der Waals surface area (Å²) >= 11 is 5.85. The molecule has 9 heteroatoms. The van der Waals surface area contributed by atoms with Crippen LogP contribution in [0.3, 0.4) is 0 Å². The Balaban J connectivity index is 1.61. The second kappa shape index (κ2) is 7.71. The second-order valence-corrected chi connectivity index (χ2v) is 7.32. The average Bonchev–Trinajstić information content (AvgIpc) is 3.33. The molecule has 2 heterocycles. The number of amides is 2. The molecule has 0 aliphatic carbocycles. The van der Waals surface area contributed by atoms with Crippen molar-refractivity contribution in [1.82, 2.24) is 14.5 Å². The molecule has 150 valence electrons. The third kappa shape index (κ3) is 3.51. The topological polar surface area (TPSA) is 93.3 Å². The summed E-state index contributed by atoms with van der Waals surface area (Å²) in [5.41, 5.74) is 2.05. The Morgan fingerprint density at radius 1 is 1.34 bits per heavy atom. The highest BCUT2D eigenvalue weighted by Crippen LogP contribution is 2.34. The first-order valence-electron chi connectivity index (χ1n) is 9.46. The number of carbonyl (C=O) groups is 1. The van der Waals surface area contributed by atoms with Gasteiger partial charge in [-0.15, -0.1) is 0 Å². The van der Waals surface area contributed by atoms with Gasteiger partial charge in [0.2, 0.25) is 0 Å². The molecule has 2 aromatic carbocycles. The number of anilines is 1. The summed E-state index contributed by atoms with van der Waals surface area (Å²) < 4.78 is 2.14. The van der Waals surface area contributed by atoms with Crippen LogP contribution in [0.2, 0.25) is 5.02 Å². The number of nitro benzene ring substituents is 1. The third-order valence-corrected chi connectivity index (χ3v) is 5.53. The fourth-order valence-corrected chi connectivity index (χ4v) is 4.07. The number of aromatic nitrogens is 2. The van der Waals surface area contributed by atoms with Crippen molar-refractivity contribution in [2.24, 2.45) is 0 Å². The van der Waals surface area contributed by atoms with E-state index in [-0.39, 0.29) is 22.8 Å². The average molecular weight is 414 g/mol. The number of nitro groups is 1. The number of para-hydroxylation sites is 2. The molecule has 1 fully saturated rings. The summed E-state index contributed by atoms with van der Waals surface area (Å²) in [5, 5.41) is 13.9. The highest BCUT2D eigenvalue weighted by Gasteiger charge is 2.33. The van der Waals surface area contributed by atoms with E-state index in [9.17, 15) is 14.9 Å². The van der Waals surface area contributed by atoms with Gasteiger partial charge in [0, 0.05) is 24.8 Å². The summed E-state index contributed by atoms with van der Waals surface area (Å²) in [6.07, 6.45) is 1.68. The quantitative estimate of drug-likeness (QED) is 0.481. The number of nitrogens with one attached hydrogen (secondary N) is 1. The number of hydrogen-bond donors (Lipinski definition) is 1. The zero-order chi connectivity index (χ0) is 20.5. The Labute approximate surface area is 172 Å². The largest absolute Gasteiger partial charge is 0.327 e. The lowest BCUT2D eigenvalue weighted by Gasteiger charge is -2.25. The number of halogens is 1. The summed E-state index contributed by atoms with van der Waals surface area (Å²) in [6.45, 7) is 3.41. The minimum Gasteiger partial charge on any atom is -0.327 e. The van der Waals surface area contributed by atoms with Crippen LogP contribution in [0.4, 0.5) is 16.2 Å². The Kier molecular flexibility index (Phi) is 5.10. The lowest BCUT2D eigenvalue weighted by molar-refractivity contribution is -0.384. The van der Waals surface area contributed by atoms with Crippen LogP contribution in [0.5, 0.6) is 0 Å². The Hall–Kier alpha value is -3.13. The van der Waals surface area contributed by atoms with Gasteiger partial charge >= 0.3 is 6.03 Å². The zero-order valence-electron chi connectivity index (χ0n) is 15.8. The smallest absolute Gasteiger partial charge is 0.322 e. The molecule has 1 unspecified atom stereocenters. The number of rotatable bonds is 4. The fraction of sp³-hybridized carbons (Fsp3) is 0.300. The van der Waals surface area contributed by atoms with Crippen molar-refractivity contribution in [3.63, 3.8) is 0 Å². The summed E-state index contributed by atoms with van der Waals surface area (Å²) in [5.74, 6) is 0.864. The number of aryl methyl sites for hydroxylation is 1. The molecule has 0 saturated carbocycles. The molecule has 0 bridgehead atoms. The maximum absolute atomic E-state index is 13.0. The summed E-state index contributed by atoms with van der Waals surface area (Å²) in [4.78, 5) is 30.0. The number of imidazole rings is 1. The minimum absolute atomic E-state index is 0.0312. The molecule has 1 aliphatic rings. The van der Waals surface area contributed by atoms with Gasteiger partial charge < -0.3 is 14.8 Å². The van der Waals surface area contributed by atoms with Crippen molar-refractivity contribution in [1.29, 1.82) is 0 Å². The van der Waals surface area contributed by atoms with E-state index < -0.39 is 4.92 Å². The minimum atomic E-state index is -0.569. The molecule has 1 saturated heterocycles. The predicted octanol–water partition coefficient (Wildman–Crippen LogP) is 4.99. The molecule has 0 spiro atoms. The van der Waals surface area contributed by atoms with Gasteiger partial charge in [0.1, 0.15) is 10.8 Å². The number of nitrogens with zero attached hydrogens (tertiary/aromatic N) is 4. The first-order valence-corrected chi connectivity index (χ1v) is 9.84. The molecule has 1 aliphatic heterocycles. The Morgan fingerprint density at radius 3 is 2.90 bits per heavy atom. The van der Waals surface area contributed by atoms with Gasteiger partial charge in [-0.3, -0.25) is 10.1 Å². The first kappa shape index (κ1) is 19.2. The van der Waals surface area contributed by atoms with Crippen LogP contribution in [-0.4, -0.2) is 32.0 Å². The Bertz CT molecular complexity index is 1100. The zero-order valence-corrected chi connectivity index (χ0v) is 16.6. The van der Waals surface area contributed by atoms with Crippen molar-refractivity contribution >= 4 is 40.0 Å². The standard InChI is InChI=1S/C20H20ClN5O3/c1-2-24-16-7-4-3-6-15(16)23-19(24)17-8-5-11-25(17)20(27)22-13-9-10-14(21)18(12-13)26(28)29/h3-4,6-7,9-10,12,17H,2,5,8,11H2,1H3,(H,22,27). The molecule has 1 aromatic heterocycles. The van der Waals surface area contributed by atoms with Gasteiger partial charge in [-0.05, 0) is 44.0 Å². The van der Waals surface area contributed by atoms with E-state index in [0.29, 0.717) is 12.2 Å². The summed E-state index contributed by atoms with van der Waals surface area (Å²) in [6, 6.07) is 11.7. The third-order valence-electron chi connectivity index (χ3n) is 5.21. The molecule has 0 radical (unpaired) electrons. The Morgan fingerprint density at radius 2 is 2.14 bits per heavy atom. The van der Waals surface area contributed by atoms with Gasteiger partial charge in [0.15, 0.2) is 0 Å². The van der Waals surface area contributed by atoms with E-state index in [1.807, 2.05) is 24.3 Å². The van der Waals surface area contributed by atoms with Crippen LogP contribution >= 0.6 is 11.6 Å². The van der Waals surface area contributed by atoms with E-state index in [4.69, 9.17) is 16.6 Å². The van der Waals surface area contributed by atoms with Crippen LogP contribution in [0.25, 0.3) is 11.0 Å². The maximum atomic E-state index is 13.0. The van der Waals surface area contributed by atoms with E-state index in [0.717, 1.165) is 36.2 Å². The highest BCUT2D eigenvalue weighted by molar-refractivity contribution is 6.32. The van der Waals surface area contributed by atoms with E-state index in [1.54, 1.807) is 11.0 Å². The molecule has 3 aromatic rings. The van der Waals surface area contributed by atoms with Crippen LogP contribution in [-0.2, 0) is 6.54 Å². The van der Waals surface area contributed by atoms with Crippen molar-refractivity contribution in [3.05, 3.63) is 63.4 Å². The number of urea groups is 1. The van der Waals surface area contributed by atoms with Crippen molar-refractivity contribution < 1.29 is 9.72 Å². The predicted molar refractivity (Wildman–Crippen MR) is 111 cm³/mol. The monoisotopic (exact) mass is 413 g/mol. The molecule has 2 amide bonds. The van der Waals surface area contributed by atoms with Crippen molar-refractivity contribution in [2.75, 3.05) is 11.9 Å². The first-order chi connectivity index (χ1) is 14.0. The molecule has 4 rings (SSSR count). The van der Waals surface area contributed by atoms with E-state index in [1.165, 1.54) is 12.1 Å². The van der Waals surface area contributed by atoms with Crippen LogP contribution in [0.15, 0.2) is 42.5 Å². The van der Waals surface area contributed by atoms with Gasteiger partial charge in [0.05, 0.1) is 22.0 Å². The van der Waals surface area contributed by atoms with Gasteiger partial charge in [-0.1, -0.05) is 23.7 Å². The number of hydrogen-bond acceptors (Lipinski definition) is 4. The SMILES string of the molecule is CCn1c(C2CCCN2C(=O)Nc2ccc(Cl)c([N+](=O)[O-])c2)nc2ccccc21. The summed E-state index contributed by atoms with van der Waals surface area (Å²) in [7, 11) is 0. The second-order valence-electron chi connectivity index (χ2n) is 6.91. The highest BCUT2D eigenvalue weighted by atomic mass is 35.5. The molecule has 8 nitrogen and oxygen atoms in total. The fourth-order valence-electron chi connectivity index (χ4n) is 3.88.